The first-order chi connectivity index (χ1) is 10.7. The molecule has 0 bridgehead atoms. The minimum Gasteiger partial charge on any atom is -0.506 e. The van der Waals surface area contributed by atoms with Crippen LogP contribution < -0.4 is 4.90 Å². The second-order valence-electron chi connectivity index (χ2n) is 4.99. The highest BCUT2D eigenvalue weighted by atomic mass is 16.3. The minimum absolute atomic E-state index is 0.0423. The molecule has 0 aliphatic heterocycles. The molecule has 2 aromatic carbocycles. The Hall–Kier alpha value is -3.01. The number of carbonyl (C=O) groups excluding carboxylic acids is 1. The van der Waals surface area contributed by atoms with Gasteiger partial charge in [0.1, 0.15) is 11.3 Å². The van der Waals surface area contributed by atoms with E-state index in [0.717, 1.165) is 11.4 Å². The topological polar surface area (TPSA) is 56.3 Å². The van der Waals surface area contributed by atoms with Crippen molar-refractivity contribution in [3.05, 3.63) is 78.1 Å². The van der Waals surface area contributed by atoms with E-state index in [9.17, 15) is 9.90 Å². The zero-order chi connectivity index (χ0) is 15.5. The third-order valence-electron chi connectivity index (χ3n) is 3.50. The van der Waals surface area contributed by atoms with Crippen LogP contribution in [0, 0.1) is 6.92 Å². The molecule has 0 aliphatic carbocycles. The monoisotopic (exact) mass is 292 g/mol. The number of nitrogens with one attached hydrogen (secondary N) is 1. The fraction of sp³-hybridized carbons (Fsp3) is 0.0556. The summed E-state index contributed by atoms with van der Waals surface area (Å²) in [6, 6.07) is 18.8. The Kier molecular flexibility index (Phi) is 3.66. The molecule has 1 aromatic heterocycles. The Morgan fingerprint density at radius 2 is 1.45 bits per heavy atom. The van der Waals surface area contributed by atoms with Gasteiger partial charge in [0.2, 0.25) is 0 Å². The van der Waals surface area contributed by atoms with Crippen LogP contribution in [0.25, 0.3) is 0 Å². The molecule has 0 fully saturated rings. The summed E-state index contributed by atoms with van der Waals surface area (Å²) in [6.45, 7) is 1.76. The van der Waals surface area contributed by atoms with Crippen molar-refractivity contribution in [3.63, 3.8) is 0 Å². The van der Waals surface area contributed by atoms with Gasteiger partial charge in [-0.1, -0.05) is 36.4 Å². The maximum atomic E-state index is 13.0. The largest absolute Gasteiger partial charge is 0.506 e. The molecule has 2 N–H and O–H groups in total. The Morgan fingerprint density at radius 1 is 0.955 bits per heavy atom. The zero-order valence-electron chi connectivity index (χ0n) is 12.2. The summed E-state index contributed by atoms with van der Waals surface area (Å²) in [4.78, 5) is 17.5. The van der Waals surface area contributed by atoms with Crippen LogP contribution in [-0.4, -0.2) is 16.0 Å². The zero-order valence-corrected chi connectivity index (χ0v) is 12.2. The average molecular weight is 292 g/mol. The molecule has 0 saturated heterocycles. The van der Waals surface area contributed by atoms with Crippen molar-refractivity contribution in [1.29, 1.82) is 0 Å². The summed E-state index contributed by atoms with van der Waals surface area (Å²) in [6.07, 6.45) is 1.43. The lowest BCUT2D eigenvalue weighted by atomic mass is 10.1. The van der Waals surface area contributed by atoms with Gasteiger partial charge in [-0.25, -0.2) is 0 Å². The lowest BCUT2D eigenvalue weighted by Crippen LogP contribution is -2.26. The van der Waals surface area contributed by atoms with Crippen LogP contribution in [-0.2, 0) is 0 Å². The number of aromatic amines is 1. The van der Waals surface area contributed by atoms with Gasteiger partial charge in [-0.3, -0.25) is 9.69 Å². The van der Waals surface area contributed by atoms with Crippen LogP contribution in [0.3, 0.4) is 0 Å². The lowest BCUT2D eigenvalue weighted by Gasteiger charge is -2.23. The molecule has 4 heteroatoms. The van der Waals surface area contributed by atoms with Crippen LogP contribution in [0.15, 0.2) is 66.9 Å². The van der Waals surface area contributed by atoms with Gasteiger partial charge in [0, 0.05) is 23.3 Å². The number of amides is 1. The van der Waals surface area contributed by atoms with Crippen LogP contribution in [0.5, 0.6) is 5.75 Å². The van der Waals surface area contributed by atoms with Gasteiger partial charge in [-0.05, 0) is 31.2 Å². The number of nitrogens with zero attached hydrogens (tertiary/aromatic N) is 1. The first-order valence-electron chi connectivity index (χ1n) is 7.00. The fourth-order valence-corrected chi connectivity index (χ4v) is 2.43. The highest BCUT2D eigenvalue weighted by Gasteiger charge is 2.24. The van der Waals surface area contributed by atoms with Gasteiger partial charge in [0.25, 0.3) is 5.91 Å². The summed E-state index contributed by atoms with van der Waals surface area (Å²) in [5.41, 5.74) is 2.42. The number of hydrogen-bond acceptors (Lipinski definition) is 2. The van der Waals surface area contributed by atoms with E-state index < -0.39 is 0 Å². The standard InChI is InChI=1S/C18H16N2O2/c1-13-17(16(21)12-19-13)18(22)20(14-8-4-2-5-9-14)15-10-6-3-7-11-15/h2-12,19,21H,1H3. The van der Waals surface area contributed by atoms with E-state index in [2.05, 4.69) is 4.98 Å². The molecule has 0 unspecified atom stereocenters. The predicted molar refractivity (Wildman–Crippen MR) is 86.5 cm³/mol. The second kappa shape index (κ2) is 5.77. The molecule has 22 heavy (non-hydrogen) atoms. The number of H-pyrrole nitrogens is 1. The molecule has 110 valence electrons. The highest BCUT2D eigenvalue weighted by molar-refractivity contribution is 6.13. The Morgan fingerprint density at radius 3 is 1.86 bits per heavy atom. The van der Waals surface area contributed by atoms with Crippen LogP contribution in [0.4, 0.5) is 11.4 Å². The van der Waals surface area contributed by atoms with Gasteiger partial charge in [-0.2, -0.15) is 0 Å². The van der Waals surface area contributed by atoms with Crippen LogP contribution >= 0.6 is 0 Å². The number of para-hydroxylation sites is 2. The molecule has 0 aliphatic rings. The number of anilines is 2. The van der Waals surface area contributed by atoms with Crippen molar-refractivity contribution in [1.82, 2.24) is 4.98 Å². The molecule has 0 atom stereocenters. The smallest absolute Gasteiger partial charge is 0.268 e. The van der Waals surface area contributed by atoms with E-state index in [4.69, 9.17) is 0 Å². The van der Waals surface area contributed by atoms with Crippen molar-refractivity contribution >= 4 is 17.3 Å². The van der Waals surface area contributed by atoms with Gasteiger partial charge in [0.05, 0.1) is 0 Å². The number of hydrogen-bond donors (Lipinski definition) is 2. The third kappa shape index (κ3) is 2.46. The molecule has 3 rings (SSSR count). The van der Waals surface area contributed by atoms with Gasteiger partial charge in [-0.15, -0.1) is 0 Å². The molecule has 0 saturated carbocycles. The highest BCUT2D eigenvalue weighted by Crippen LogP contribution is 2.30. The summed E-state index contributed by atoms with van der Waals surface area (Å²) >= 11 is 0. The van der Waals surface area contributed by atoms with Gasteiger partial charge >= 0.3 is 0 Å². The summed E-state index contributed by atoms with van der Waals surface area (Å²) in [5.74, 6) is -0.312. The second-order valence-corrected chi connectivity index (χ2v) is 4.99. The van der Waals surface area contributed by atoms with Crippen molar-refractivity contribution in [2.45, 2.75) is 6.92 Å². The maximum Gasteiger partial charge on any atom is 0.268 e. The number of carbonyl (C=O) groups is 1. The quantitative estimate of drug-likeness (QED) is 0.766. The Balaban J connectivity index is 2.13. The maximum absolute atomic E-state index is 13.0. The van der Waals surface area contributed by atoms with Gasteiger partial charge < -0.3 is 10.1 Å². The molecule has 0 spiro atoms. The van der Waals surface area contributed by atoms with E-state index in [1.165, 1.54) is 6.20 Å². The molecule has 1 heterocycles. The molecule has 0 radical (unpaired) electrons. The van der Waals surface area contributed by atoms with Crippen molar-refractivity contribution < 1.29 is 9.90 Å². The third-order valence-corrected chi connectivity index (χ3v) is 3.50. The van der Waals surface area contributed by atoms with E-state index >= 15 is 0 Å². The first kappa shape index (κ1) is 13.9. The summed E-state index contributed by atoms with van der Waals surface area (Å²) in [7, 11) is 0. The van der Waals surface area contributed by atoms with Gasteiger partial charge in [0.15, 0.2) is 0 Å². The molecular formula is C18H16N2O2. The van der Waals surface area contributed by atoms with Crippen molar-refractivity contribution in [2.75, 3.05) is 4.90 Å². The molecular weight excluding hydrogens is 276 g/mol. The Bertz CT molecular complexity index is 720. The van der Waals surface area contributed by atoms with E-state index in [-0.39, 0.29) is 17.2 Å². The number of aromatic nitrogens is 1. The first-order valence-corrected chi connectivity index (χ1v) is 7.00. The van der Waals surface area contributed by atoms with Crippen LogP contribution in [0.1, 0.15) is 16.1 Å². The molecule has 4 nitrogen and oxygen atoms in total. The van der Waals surface area contributed by atoms with Crippen LogP contribution in [0.2, 0.25) is 0 Å². The minimum atomic E-state index is -0.270. The average Bonchev–Trinajstić information content (AvgIpc) is 2.88. The fourth-order valence-electron chi connectivity index (χ4n) is 2.43. The Labute approximate surface area is 128 Å². The summed E-state index contributed by atoms with van der Waals surface area (Å²) in [5, 5.41) is 9.97. The van der Waals surface area contributed by atoms with Crippen molar-refractivity contribution in [3.8, 4) is 5.75 Å². The predicted octanol–water partition coefficient (Wildman–Crippen LogP) is 4.01. The molecule has 1 amide bonds. The number of rotatable bonds is 3. The normalized spacial score (nSPS) is 10.4. The number of aromatic hydroxyl groups is 1. The van der Waals surface area contributed by atoms with E-state index in [0.29, 0.717) is 5.69 Å². The van der Waals surface area contributed by atoms with E-state index in [1.54, 1.807) is 11.8 Å². The van der Waals surface area contributed by atoms with Crippen molar-refractivity contribution in [2.24, 2.45) is 0 Å². The molecule has 3 aromatic rings. The summed E-state index contributed by atoms with van der Waals surface area (Å²) < 4.78 is 0. The number of benzene rings is 2. The SMILES string of the molecule is Cc1[nH]cc(O)c1C(=O)N(c1ccccc1)c1ccccc1. The lowest BCUT2D eigenvalue weighted by molar-refractivity contribution is 0.0996. The number of aryl methyl sites for hydroxylation is 1. The van der Waals surface area contributed by atoms with E-state index in [1.807, 2.05) is 60.7 Å².